The number of likely N-dealkylation sites (N-methyl/N-ethyl adjacent to an activating group) is 1. The Morgan fingerprint density at radius 2 is 2.26 bits per heavy atom. The third kappa shape index (κ3) is 3.19. The monoisotopic (exact) mass is 315 g/mol. The van der Waals surface area contributed by atoms with Crippen LogP contribution in [-0.4, -0.2) is 63.9 Å². The number of nitrogens with zero attached hydrogens (tertiary/aromatic N) is 5. The average molecular weight is 315 g/mol. The number of allylic oxidation sites excluding steroid dienone is 1. The normalized spacial score (nSPS) is 22.1. The molecule has 1 aliphatic heterocycles. The number of hydrogen-bond donors (Lipinski definition) is 0. The zero-order chi connectivity index (χ0) is 16.4. The van der Waals surface area contributed by atoms with Crippen LogP contribution in [0, 0.1) is 0 Å². The number of rotatable bonds is 4. The zero-order valence-corrected chi connectivity index (χ0v) is 13.6. The quantitative estimate of drug-likeness (QED) is 0.795. The van der Waals surface area contributed by atoms with Crippen molar-refractivity contribution in [3.8, 4) is 0 Å². The van der Waals surface area contributed by atoms with Crippen LogP contribution in [0.5, 0.6) is 0 Å². The highest BCUT2D eigenvalue weighted by molar-refractivity contribution is 5.94. The standard InChI is InChI=1S/C16H21N5O2/c1-12(15-5-4-8-23-15)9-16(22)20-10-13(19(2)3)14(11-20)21-7-6-17-18-21/h4-9,13-14H,10-11H2,1-3H3/b12-9+/t13-,14+/m1/s1. The van der Waals surface area contributed by atoms with E-state index in [-0.39, 0.29) is 18.0 Å². The number of carbonyl (C=O) groups excluding carboxylic acids is 1. The van der Waals surface area contributed by atoms with Crippen molar-refractivity contribution in [2.75, 3.05) is 27.2 Å². The summed E-state index contributed by atoms with van der Waals surface area (Å²) in [5, 5.41) is 7.98. The number of carbonyl (C=O) groups is 1. The molecule has 23 heavy (non-hydrogen) atoms. The highest BCUT2D eigenvalue weighted by Gasteiger charge is 2.37. The zero-order valence-electron chi connectivity index (χ0n) is 13.6. The molecular formula is C16H21N5O2. The van der Waals surface area contributed by atoms with Gasteiger partial charge in [-0.3, -0.25) is 4.79 Å². The summed E-state index contributed by atoms with van der Waals surface area (Å²) in [6.07, 6.45) is 6.75. The lowest BCUT2D eigenvalue weighted by Gasteiger charge is -2.24. The predicted molar refractivity (Wildman–Crippen MR) is 85.5 cm³/mol. The Morgan fingerprint density at radius 1 is 1.43 bits per heavy atom. The average Bonchev–Trinajstić information content (AvgIpc) is 3.26. The van der Waals surface area contributed by atoms with E-state index in [1.165, 1.54) is 0 Å². The van der Waals surface area contributed by atoms with Gasteiger partial charge in [-0.05, 0) is 38.7 Å². The predicted octanol–water partition coefficient (Wildman–Crippen LogP) is 1.29. The minimum absolute atomic E-state index is 0.00614. The Bertz CT molecular complexity index is 675. The van der Waals surface area contributed by atoms with Crippen molar-refractivity contribution in [1.82, 2.24) is 24.8 Å². The summed E-state index contributed by atoms with van der Waals surface area (Å²) in [5.41, 5.74) is 0.825. The minimum Gasteiger partial charge on any atom is -0.465 e. The van der Waals surface area contributed by atoms with E-state index in [0.717, 1.165) is 11.3 Å². The summed E-state index contributed by atoms with van der Waals surface area (Å²) in [5.74, 6) is 0.711. The molecule has 1 saturated heterocycles. The largest absolute Gasteiger partial charge is 0.465 e. The fourth-order valence-corrected chi connectivity index (χ4v) is 2.96. The maximum absolute atomic E-state index is 12.6. The molecule has 0 bridgehead atoms. The number of likely N-dealkylation sites (tertiary alicyclic amines) is 1. The second-order valence-corrected chi connectivity index (χ2v) is 6.03. The van der Waals surface area contributed by atoms with E-state index in [4.69, 9.17) is 4.42 Å². The molecule has 3 rings (SSSR count). The van der Waals surface area contributed by atoms with Gasteiger partial charge in [0.15, 0.2) is 0 Å². The maximum atomic E-state index is 12.6. The van der Waals surface area contributed by atoms with Gasteiger partial charge in [0.05, 0.1) is 24.5 Å². The van der Waals surface area contributed by atoms with Gasteiger partial charge in [0.1, 0.15) is 5.76 Å². The second kappa shape index (κ2) is 6.37. The molecule has 0 aliphatic carbocycles. The molecule has 1 amide bonds. The van der Waals surface area contributed by atoms with Crippen molar-refractivity contribution in [2.24, 2.45) is 0 Å². The van der Waals surface area contributed by atoms with Gasteiger partial charge in [-0.25, -0.2) is 4.68 Å². The molecule has 0 aromatic carbocycles. The lowest BCUT2D eigenvalue weighted by atomic mass is 10.1. The lowest BCUT2D eigenvalue weighted by molar-refractivity contribution is -0.125. The van der Waals surface area contributed by atoms with Gasteiger partial charge >= 0.3 is 0 Å². The lowest BCUT2D eigenvalue weighted by Crippen LogP contribution is -2.37. The van der Waals surface area contributed by atoms with Gasteiger partial charge in [0.2, 0.25) is 5.91 Å². The van der Waals surface area contributed by atoms with Crippen molar-refractivity contribution >= 4 is 11.5 Å². The first-order valence-electron chi connectivity index (χ1n) is 7.59. The van der Waals surface area contributed by atoms with Crippen LogP contribution in [0.4, 0.5) is 0 Å². The highest BCUT2D eigenvalue weighted by Crippen LogP contribution is 2.25. The molecule has 2 aromatic heterocycles. The number of hydrogen-bond acceptors (Lipinski definition) is 5. The number of aromatic nitrogens is 3. The van der Waals surface area contributed by atoms with Crippen molar-refractivity contribution in [3.05, 3.63) is 42.6 Å². The minimum atomic E-state index is -0.00614. The van der Waals surface area contributed by atoms with E-state index >= 15 is 0 Å². The molecular weight excluding hydrogens is 294 g/mol. The van der Waals surface area contributed by atoms with Crippen LogP contribution in [0.25, 0.3) is 5.57 Å². The van der Waals surface area contributed by atoms with Crippen molar-refractivity contribution in [3.63, 3.8) is 0 Å². The van der Waals surface area contributed by atoms with Crippen LogP contribution in [0.2, 0.25) is 0 Å². The number of amides is 1. The SMILES string of the molecule is C/C(=C\C(=O)N1C[C@@H](N(C)C)[C@@H](n2ccnn2)C1)c1ccco1. The molecule has 0 unspecified atom stereocenters. The van der Waals surface area contributed by atoms with Gasteiger partial charge < -0.3 is 14.2 Å². The molecule has 0 saturated carbocycles. The molecule has 122 valence electrons. The van der Waals surface area contributed by atoms with Crippen LogP contribution in [0.3, 0.4) is 0 Å². The van der Waals surface area contributed by atoms with Crippen molar-refractivity contribution < 1.29 is 9.21 Å². The molecule has 1 fully saturated rings. The summed E-state index contributed by atoms with van der Waals surface area (Å²) < 4.78 is 7.16. The van der Waals surface area contributed by atoms with Gasteiger partial charge in [-0.15, -0.1) is 5.10 Å². The van der Waals surface area contributed by atoms with E-state index < -0.39 is 0 Å². The fraction of sp³-hybridized carbons (Fsp3) is 0.438. The second-order valence-electron chi connectivity index (χ2n) is 6.03. The summed E-state index contributed by atoms with van der Waals surface area (Å²) in [7, 11) is 4.04. The van der Waals surface area contributed by atoms with E-state index in [1.807, 2.05) is 48.9 Å². The van der Waals surface area contributed by atoms with Crippen LogP contribution in [0.15, 0.2) is 41.3 Å². The van der Waals surface area contributed by atoms with E-state index in [0.29, 0.717) is 13.1 Å². The van der Waals surface area contributed by atoms with Crippen LogP contribution in [-0.2, 0) is 4.79 Å². The third-order valence-corrected chi connectivity index (χ3v) is 4.26. The molecule has 0 N–H and O–H groups in total. The molecule has 7 heteroatoms. The summed E-state index contributed by atoms with van der Waals surface area (Å²) in [4.78, 5) is 16.6. The molecule has 0 spiro atoms. The number of furan rings is 1. The van der Waals surface area contributed by atoms with Crippen LogP contribution < -0.4 is 0 Å². The molecule has 1 aliphatic rings. The summed E-state index contributed by atoms with van der Waals surface area (Å²) >= 11 is 0. The Labute approximate surface area is 135 Å². The van der Waals surface area contributed by atoms with Crippen molar-refractivity contribution in [2.45, 2.75) is 19.0 Å². The van der Waals surface area contributed by atoms with Gasteiger partial charge in [-0.2, -0.15) is 0 Å². The van der Waals surface area contributed by atoms with E-state index in [1.54, 1.807) is 18.5 Å². The van der Waals surface area contributed by atoms with E-state index in [9.17, 15) is 4.79 Å². The maximum Gasteiger partial charge on any atom is 0.247 e. The van der Waals surface area contributed by atoms with Crippen molar-refractivity contribution in [1.29, 1.82) is 0 Å². The first kappa shape index (κ1) is 15.5. The Balaban J connectivity index is 1.76. The Morgan fingerprint density at radius 3 is 2.87 bits per heavy atom. The third-order valence-electron chi connectivity index (χ3n) is 4.26. The molecule has 2 atom stereocenters. The van der Waals surface area contributed by atoms with Gasteiger partial charge in [0.25, 0.3) is 0 Å². The van der Waals surface area contributed by atoms with E-state index in [2.05, 4.69) is 15.2 Å². The smallest absolute Gasteiger partial charge is 0.247 e. The first-order valence-corrected chi connectivity index (χ1v) is 7.59. The molecule has 0 radical (unpaired) electrons. The van der Waals surface area contributed by atoms with Gasteiger partial charge in [0, 0.05) is 25.4 Å². The topological polar surface area (TPSA) is 67.4 Å². The fourth-order valence-electron chi connectivity index (χ4n) is 2.96. The van der Waals surface area contributed by atoms with Gasteiger partial charge in [-0.1, -0.05) is 5.21 Å². The molecule has 2 aromatic rings. The van der Waals surface area contributed by atoms with Crippen LogP contribution in [0.1, 0.15) is 18.7 Å². The molecule has 3 heterocycles. The summed E-state index contributed by atoms with van der Waals surface area (Å²) in [6.45, 7) is 3.16. The first-order chi connectivity index (χ1) is 11.1. The Hall–Kier alpha value is -2.41. The summed E-state index contributed by atoms with van der Waals surface area (Å²) in [6, 6.07) is 3.98. The van der Waals surface area contributed by atoms with Crippen LogP contribution >= 0.6 is 0 Å². The Kier molecular flexibility index (Phi) is 4.29. The molecule has 7 nitrogen and oxygen atoms in total. The highest BCUT2D eigenvalue weighted by atomic mass is 16.3.